The van der Waals surface area contributed by atoms with Crippen LogP contribution < -0.4 is 0 Å². The molecule has 4 nitrogen and oxygen atoms in total. The fraction of sp³-hybridized carbons (Fsp3) is 0.923. The van der Waals surface area contributed by atoms with Crippen LogP contribution in [0.2, 0.25) is 0 Å². The van der Waals surface area contributed by atoms with Gasteiger partial charge in [0.05, 0.1) is 19.3 Å². The molecule has 2 bridgehead atoms. The second-order valence-corrected chi connectivity index (χ2v) is 5.97. The number of hydrogen-bond acceptors (Lipinski definition) is 4. The third-order valence-electron chi connectivity index (χ3n) is 5.64. The first-order chi connectivity index (χ1) is 8.30. The van der Waals surface area contributed by atoms with Gasteiger partial charge >= 0.3 is 0 Å². The van der Waals surface area contributed by atoms with Gasteiger partial charge in [-0.05, 0) is 19.9 Å². The topological polar surface area (TPSA) is 39.5 Å². The Labute approximate surface area is 102 Å². The van der Waals surface area contributed by atoms with Crippen LogP contribution in [-0.2, 0) is 4.74 Å². The van der Waals surface area contributed by atoms with E-state index < -0.39 is 0 Å². The third-order valence-corrected chi connectivity index (χ3v) is 5.64. The van der Waals surface area contributed by atoms with Crippen molar-refractivity contribution in [3.63, 3.8) is 0 Å². The monoisotopic (exact) mass is 233 g/mol. The number of rotatable bonds is 1. The lowest BCUT2D eigenvalue weighted by Crippen LogP contribution is -2.51. The van der Waals surface area contributed by atoms with Gasteiger partial charge in [0.25, 0.3) is 0 Å². The molecule has 17 heavy (non-hydrogen) atoms. The maximum atomic E-state index is 9.71. The minimum atomic E-state index is -0.123. The van der Waals surface area contributed by atoms with E-state index in [0.29, 0.717) is 23.9 Å². The van der Waals surface area contributed by atoms with Gasteiger partial charge in [0.15, 0.2) is 0 Å². The molecular weight excluding hydrogens is 214 g/mol. The molecule has 4 heteroatoms. The fourth-order valence-corrected chi connectivity index (χ4v) is 4.93. The Morgan fingerprint density at radius 1 is 1.18 bits per heavy atom. The second-order valence-electron chi connectivity index (χ2n) is 5.97. The molecule has 4 fully saturated rings. The highest BCUT2D eigenvalue weighted by molar-refractivity contribution is 5.39. The first-order valence-corrected chi connectivity index (χ1v) is 6.76. The maximum Gasteiger partial charge on any atom is 0.118 e. The van der Waals surface area contributed by atoms with Gasteiger partial charge in [-0.1, -0.05) is 0 Å². The van der Waals surface area contributed by atoms with Gasteiger partial charge < -0.3 is 4.74 Å². The zero-order valence-electron chi connectivity index (χ0n) is 10.3. The van der Waals surface area contributed by atoms with Crippen molar-refractivity contribution < 1.29 is 4.74 Å². The van der Waals surface area contributed by atoms with Crippen LogP contribution in [0, 0.1) is 23.2 Å². The first-order valence-electron chi connectivity index (χ1n) is 6.76. The van der Waals surface area contributed by atoms with Crippen molar-refractivity contribution in [2.75, 3.05) is 33.4 Å². The molecule has 3 heterocycles. The van der Waals surface area contributed by atoms with Crippen molar-refractivity contribution in [3.8, 4) is 6.07 Å². The molecule has 0 aromatic carbocycles. The van der Waals surface area contributed by atoms with E-state index in [1.807, 2.05) is 0 Å². The van der Waals surface area contributed by atoms with Crippen molar-refractivity contribution in [1.82, 2.24) is 9.80 Å². The summed E-state index contributed by atoms with van der Waals surface area (Å²) in [6, 6.07) is 4.04. The molecule has 0 N–H and O–H groups in total. The van der Waals surface area contributed by atoms with Gasteiger partial charge in [0.2, 0.25) is 0 Å². The minimum absolute atomic E-state index is 0.123. The summed E-state index contributed by atoms with van der Waals surface area (Å²) in [7, 11) is 2.25. The molecular formula is C13H19N3O. The van der Waals surface area contributed by atoms with E-state index in [9.17, 15) is 5.26 Å². The number of morpholine rings is 1. The van der Waals surface area contributed by atoms with Crippen molar-refractivity contribution in [2.45, 2.75) is 30.5 Å². The Balaban J connectivity index is 1.64. The molecule has 5 atom stereocenters. The van der Waals surface area contributed by atoms with Crippen molar-refractivity contribution in [1.29, 1.82) is 5.26 Å². The van der Waals surface area contributed by atoms with Crippen molar-refractivity contribution in [2.24, 2.45) is 11.8 Å². The summed E-state index contributed by atoms with van der Waals surface area (Å²) in [5, 5.41) is 9.71. The summed E-state index contributed by atoms with van der Waals surface area (Å²) in [6.45, 7) is 3.50. The van der Waals surface area contributed by atoms with Crippen LogP contribution in [0.5, 0.6) is 0 Å². The van der Waals surface area contributed by atoms with Crippen LogP contribution in [-0.4, -0.2) is 60.8 Å². The summed E-state index contributed by atoms with van der Waals surface area (Å²) in [4.78, 5) is 4.95. The Morgan fingerprint density at radius 2 is 1.76 bits per heavy atom. The highest BCUT2D eigenvalue weighted by Crippen LogP contribution is 2.68. The molecule has 1 saturated carbocycles. The van der Waals surface area contributed by atoms with Gasteiger partial charge in [-0.15, -0.1) is 0 Å². The number of nitrogens with zero attached hydrogens (tertiary/aromatic N) is 3. The lowest BCUT2D eigenvalue weighted by atomic mass is 10.0. The van der Waals surface area contributed by atoms with Gasteiger partial charge in [-0.3, -0.25) is 9.80 Å². The summed E-state index contributed by atoms with van der Waals surface area (Å²) in [5.74, 6) is 1.24. The summed E-state index contributed by atoms with van der Waals surface area (Å²) in [6.07, 6.45) is 2.60. The van der Waals surface area contributed by atoms with E-state index >= 15 is 0 Å². The summed E-state index contributed by atoms with van der Waals surface area (Å²) >= 11 is 0. The number of piperidine rings is 1. The van der Waals surface area contributed by atoms with E-state index in [-0.39, 0.29) is 5.54 Å². The van der Waals surface area contributed by atoms with Crippen LogP contribution in [0.1, 0.15) is 12.8 Å². The predicted octanol–water partition coefficient (Wildman–Crippen LogP) is 0.303. The molecule has 0 aromatic rings. The van der Waals surface area contributed by atoms with E-state index in [1.54, 1.807) is 0 Å². The molecule has 1 unspecified atom stereocenters. The van der Waals surface area contributed by atoms with Crippen LogP contribution >= 0.6 is 0 Å². The maximum absolute atomic E-state index is 9.71. The van der Waals surface area contributed by atoms with Crippen LogP contribution in [0.15, 0.2) is 0 Å². The van der Waals surface area contributed by atoms with E-state index in [1.165, 1.54) is 12.8 Å². The minimum Gasteiger partial charge on any atom is -0.379 e. The number of nitriles is 1. The molecule has 0 spiro atoms. The molecule has 0 amide bonds. The molecule has 4 rings (SSSR count). The van der Waals surface area contributed by atoms with Crippen LogP contribution in [0.3, 0.4) is 0 Å². The van der Waals surface area contributed by atoms with Crippen LogP contribution in [0.25, 0.3) is 0 Å². The van der Waals surface area contributed by atoms with Gasteiger partial charge in [-0.25, -0.2) is 0 Å². The molecule has 3 saturated heterocycles. The largest absolute Gasteiger partial charge is 0.379 e. The van der Waals surface area contributed by atoms with Gasteiger partial charge in [0.1, 0.15) is 5.54 Å². The SMILES string of the molecule is CN1[C@@H]2CC[C@H]1[C@H]1[C@@H]2C1(C#N)N1CCOCC1. The van der Waals surface area contributed by atoms with E-state index in [2.05, 4.69) is 22.9 Å². The first kappa shape index (κ1) is 10.3. The smallest absolute Gasteiger partial charge is 0.118 e. The van der Waals surface area contributed by atoms with Gasteiger partial charge in [-0.2, -0.15) is 5.26 Å². The number of ether oxygens (including phenoxy) is 1. The molecule has 0 aromatic heterocycles. The lowest BCUT2D eigenvalue weighted by Gasteiger charge is -2.36. The average Bonchev–Trinajstić information content (AvgIpc) is 2.86. The lowest BCUT2D eigenvalue weighted by molar-refractivity contribution is 0.00693. The molecule has 1 aliphatic carbocycles. The molecule has 3 aliphatic heterocycles. The summed E-state index contributed by atoms with van der Waals surface area (Å²) in [5.41, 5.74) is -0.123. The second kappa shape index (κ2) is 3.23. The molecule has 4 aliphatic rings. The van der Waals surface area contributed by atoms with Crippen LogP contribution in [0.4, 0.5) is 0 Å². The Hall–Kier alpha value is -0.630. The normalized spacial score (nSPS) is 53.4. The Morgan fingerprint density at radius 3 is 2.29 bits per heavy atom. The Bertz CT molecular complexity index is 367. The molecule has 0 radical (unpaired) electrons. The summed E-state index contributed by atoms with van der Waals surface area (Å²) < 4.78 is 5.42. The van der Waals surface area contributed by atoms with E-state index in [4.69, 9.17) is 4.74 Å². The average molecular weight is 233 g/mol. The number of fused-ring (bicyclic) bond motifs is 5. The zero-order valence-corrected chi connectivity index (χ0v) is 10.3. The fourth-order valence-electron chi connectivity index (χ4n) is 4.93. The van der Waals surface area contributed by atoms with E-state index in [0.717, 1.165) is 26.3 Å². The third kappa shape index (κ3) is 1.04. The number of hydrogen-bond donors (Lipinski definition) is 0. The standard InChI is InChI=1S/C13H19N3O/c1-15-9-2-3-10(15)12-11(9)13(12,8-14)16-4-6-17-7-5-16/h9-12H,2-7H2,1H3/t9-,10+,11-,12+,13?. The highest BCUT2D eigenvalue weighted by atomic mass is 16.5. The van der Waals surface area contributed by atoms with Crippen molar-refractivity contribution in [3.05, 3.63) is 0 Å². The predicted molar refractivity (Wildman–Crippen MR) is 62.3 cm³/mol. The van der Waals surface area contributed by atoms with Gasteiger partial charge in [0, 0.05) is 37.0 Å². The highest BCUT2D eigenvalue weighted by Gasteiger charge is 2.79. The van der Waals surface area contributed by atoms with Crippen molar-refractivity contribution >= 4 is 0 Å². The molecule has 92 valence electrons. The Kier molecular flexibility index (Phi) is 1.96. The zero-order chi connectivity index (χ0) is 11.6. The quantitative estimate of drug-likeness (QED) is 0.653.